The Morgan fingerprint density at radius 3 is 2.31 bits per heavy atom. The monoisotopic (exact) mass is 220 g/mol. The summed E-state index contributed by atoms with van der Waals surface area (Å²) in [5.41, 5.74) is 7.57. The number of nitrogens with one attached hydrogen (secondary N) is 2. The van der Waals surface area contributed by atoms with Gasteiger partial charge in [0.1, 0.15) is 0 Å². The predicted molar refractivity (Wildman–Crippen MR) is 71.4 cm³/mol. The first-order valence-corrected chi connectivity index (χ1v) is 6.47. The fourth-order valence-electron chi connectivity index (χ4n) is 1.68. The summed E-state index contributed by atoms with van der Waals surface area (Å²) in [6.45, 7) is 3.30. The van der Waals surface area contributed by atoms with Crippen molar-refractivity contribution < 1.29 is 0 Å². The van der Waals surface area contributed by atoms with Gasteiger partial charge in [-0.3, -0.25) is 0 Å². The molecule has 90 valence electrons. The fraction of sp³-hybridized carbons (Fsp3) is 0.571. The van der Waals surface area contributed by atoms with Crippen LogP contribution < -0.4 is 10.9 Å². The molecule has 0 heterocycles. The second-order valence-corrected chi connectivity index (χ2v) is 4.19. The minimum Gasteiger partial charge on any atom is -0.322 e. The Hall–Kier alpha value is -1.02. The van der Waals surface area contributed by atoms with Crippen LogP contribution in [-0.2, 0) is 0 Å². The van der Waals surface area contributed by atoms with Gasteiger partial charge in [-0.25, -0.2) is 5.43 Å². The molecule has 0 aliphatic carbocycles. The summed E-state index contributed by atoms with van der Waals surface area (Å²) in [5, 5.41) is 0. The Labute approximate surface area is 99.4 Å². The Bertz CT molecular complexity index is 246. The maximum absolute atomic E-state index is 3.24. The third kappa shape index (κ3) is 6.46. The molecule has 2 nitrogen and oxygen atoms in total. The lowest BCUT2D eigenvalue weighted by Crippen LogP contribution is -2.22. The van der Waals surface area contributed by atoms with E-state index < -0.39 is 0 Å². The number of rotatable bonds is 9. The molecule has 0 saturated heterocycles. The zero-order valence-electron chi connectivity index (χ0n) is 10.3. The molecule has 0 aliphatic heterocycles. The molecule has 1 aromatic rings. The second kappa shape index (κ2) is 9.22. The number of para-hydroxylation sites is 1. The molecule has 0 saturated carbocycles. The average molecular weight is 220 g/mol. The van der Waals surface area contributed by atoms with Crippen LogP contribution in [0.3, 0.4) is 0 Å². The quantitative estimate of drug-likeness (QED) is 0.486. The molecule has 0 bridgehead atoms. The van der Waals surface area contributed by atoms with Crippen molar-refractivity contribution in [1.82, 2.24) is 5.43 Å². The summed E-state index contributed by atoms with van der Waals surface area (Å²) in [6.07, 6.45) is 8.07. The van der Waals surface area contributed by atoms with Crippen LogP contribution >= 0.6 is 0 Å². The van der Waals surface area contributed by atoms with E-state index in [4.69, 9.17) is 0 Å². The third-order valence-corrected chi connectivity index (χ3v) is 2.66. The molecule has 0 aliphatic rings. The molecule has 1 rings (SSSR count). The molecule has 2 N–H and O–H groups in total. The number of hydrogen-bond acceptors (Lipinski definition) is 2. The van der Waals surface area contributed by atoms with Gasteiger partial charge in [-0.1, -0.05) is 57.2 Å². The van der Waals surface area contributed by atoms with E-state index in [0.717, 1.165) is 12.2 Å². The van der Waals surface area contributed by atoms with Gasteiger partial charge in [-0.2, -0.15) is 0 Å². The lowest BCUT2D eigenvalue weighted by Gasteiger charge is -2.07. The molecule has 0 unspecified atom stereocenters. The molecule has 0 spiro atoms. The second-order valence-electron chi connectivity index (χ2n) is 4.19. The Morgan fingerprint density at radius 2 is 1.56 bits per heavy atom. The summed E-state index contributed by atoms with van der Waals surface area (Å²) in [7, 11) is 0. The van der Waals surface area contributed by atoms with E-state index in [1.807, 2.05) is 18.2 Å². The summed E-state index contributed by atoms with van der Waals surface area (Å²) in [4.78, 5) is 0. The van der Waals surface area contributed by atoms with Crippen molar-refractivity contribution in [1.29, 1.82) is 0 Å². The first kappa shape index (κ1) is 13.0. The maximum Gasteiger partial charge on any atom is 0.0487 e. The molecule has 0 fully saturated rings. The smallest absolute Gasteiger partial charge is 0.0487 e. The first-order chi connectivity index (χ1) is 7.93. The minimum absolute atomic E-state index is 1.04. The van der Waals surface area contributed by atoms with E-state index in [-0.39, 0.29) is 0 Å². The van der Waals surface area contributed by atoms with Gasteiger partial charge in [-0.05, 0) is 18.6 Å². The fourth-order valence-corrected chi connectivity index (χ4v) is 1.68. The summed E-state index contributed by atoms with van der Waals surface area (Å²) in [6, 6.07) is 10.2. The van der Waals surface area contributed by atoms with Crippen molar-refractivity contribution in [2.75, 3.05) is 12.0 Å². The van der Waals surface area contributed by atoms with Crippen molar-refractivity contribution >= 4 is 5.69 Å². The van der Waals surface area contributed by atoms with Gasteiger partial charge in [-0.15, -0.1) is 0 Å². The van der Waals surface area contributed by atoms with E-state index >= 15 is 0 Å². The molecule has 1 aromatic carbocycles. The molecule has 0 aromatic heterocycles. The lowest BCUT2D eigenvalue weighted by molar-refractivity contribution is 0.591. The van der Waals surface area contributed by atoms with E-state index in [2.05, 4.69) is 29.9 Å². The van der Waals surface area contributed by atoms with Crippen molar-refractivity contribution in [2.24, 2.45) is 0 Å². The van der Waals surface area contributed by atoms with Crippen LogP contribution in [0, 0.1) is 0 Å². The first-order valence-electron chi connectivity index (χ1n) is 6.47. The van der Waals surface area contributed by atoms with Crippen LogP contribution in [0.5, 0.6) is 0 Å². The van der Waals surface area contributed by atoms with Crippen molar-refractivity contribution in [3.05, 3.63) is 30.3 Å². The van der Waals surface area contributed by atoms with Gasteiger partial charge in [0.2, 0.25) is 0 Å². The Morgan fingerprint density at radius 1 is 0.875 bits per heavy atom. The maximum atomic E-state index is 3.24. The van der Waals surface area contributed by atoms with Crippen molar-refractivity contribution in [2.45, 2.75) is 45.4 Å². The zero-order valence-corrected chi connectivity index (χ0v) is 10.3. The van der Waals surface area contributed by atoms with Crippen LogP contribution in [0.2, 0.25) is 0 Å². The Balaban J connectivity index is 1.89. The lowest BCUT2D eigenvalue weighted by atomic mass is 10.1. The molecule has 0 amide bonds. The predicted octanol–water partition coefficient (Wildman–Crippen LogP) is 3.96. The minimum atomic E-state index is 1.04. The third-order valence-electron chi connectivity index (χ3n) is 2.66. The zero-order chi connectivity index (χ0) is 11.5. The van der Waals surface area contributed by atoms with E-state index in [1.165, 1.54) is 38.5 Å². The van der Waals surface area contributed by atoms with E-state index in [9.17, 15) is 0 Å². The van der Waals surface area contributed by atoms with Gasteiger partial charge in [0.25, 0.3) is 0 Å². The normalized spacial score (nSPS) is 10.3. The van der Waals surface area contributed by atoms with Crippen molar-refractivity contribution in [3.8, 4) is 0 Å². The largest absolute Gasteiger partial charge is 0.322 e. The molecular weight excluding hydrogens is 196 g/mol. The van der Waals surface area contributed by atoms with Gasteiger partial charge in [0, 0.05) is 12.2 Å². The topological polar surface area (TPSA) is 24.1 Å². The van der Waals surface area contributed by atoms with Gasteiger partial charge in [0.05, 0.1) is 0 Å². The Kier molecular flexibility index (Phi) is 7.52. The van der Waals surface area contributed by atoms with Crippen molar-refractivity contribution in [3.63, 3.8) is 0 Å². The van der Waals surface area contributed by atoms with Crippen LogP contribution in [0.4, 0.5) is 5.69 Å². The van der Waals surface area contributed by atoms with Crippen LogP contribution in [0.1, 0.15) is 45.4 Å². The molecule has 16 heavy (non-hydrogen) atoms. The molecule has 0 atom stereocenters. The van der Waals surface area contributed by atoms with Crippen LogP contribution in [0.25, 0.3) is 0 Å². The molecule has 2 heteroatoms. The van der Waals surface area contributed by atoms with Crippen LogP contribution in [0.15, 0.2) is 30.3 Å². The molecular formula is C14H24N2. The van der Waals surface area contributed by atoms with Gasteiger partial charge >= 0.3 is 0 Å². The van der Waals surface area contributed by atoms with E-state index in [0.29, 0.717) is 0 Å². The number of anilines is 1. The summed E-state index contributed by atoms with van der Waals surface area (Å²) >= 11 is 0. The average Bonchev–Trinajstić information content (AvgIpc) is 2.34. The molecule has 0 radical (unpaired) electrons. The number of hydrazine groups is 1. The van der Waals surface area contributed by atoms with E-state index in [1.54, 1.807) is 0 Å². The highest BCUT2D eigenvalue weighted by atomic mass is 15.3. The highest BCUT2D eigenvalue weighted by Crippen LogP contribution is 2.05. The summed E-state index contributed by atoms with van der Waals surface area (Å²) in [5.74, 6) is 0. The standard InChI is InChI=1S/C14H24N2/c1-2-3-4-5-6-10-13-15-16-14-11-8-7-9-12-14/h7-9,11-12,15-16H,2-6,10,13H2,1H3. The number of unbranched alkanes of at least 4 members (excludes halogenated alkanes) is 5. The van der Waals surface area contributed by atoms with Gasteiger partial charge < -0.3 is 5.43 Å². The highest BCUT2D eigenvalue weighted by Gasteiger charge is 1.90. The SMILES string of the molecule is CCCCCCCCNNc1ccccc1. The number of benzene rings is 1. The van der Waals surface area contributed by atoms with Gasteiger partial charge in [0.15, 0.2) is 0 Å². The summed E-state index contributed by atoms with van der Waals surface area (Å²) < 4.78 is 0. The van der Waals surface area contributed by atoms with Crippen LogP contribution in [-0.4, -0.2) is 6.54 Å². The number of hydrogen-bond donors (Lipinski definition) is 2. The highest BCUT2D eigenvalue weighted by molar-refractivity contribution is 5.41.